The molecule has 0 aliphatic rings. The van der Waals surface area contributed by atoms with Gasteiger partial charge < -0.3 is 15.5 Å². The molecule has 2 unspecified atom stereocenters. The first-order valence-corrected chi connectivity index (χ1v) is 28.4. The van der Waals surface area contributed by atoms with Gasteiger partial charge in [0.1, 0.15) is 0 Å². The average Bonchev–Trinajstić information content (AvgIpc) is 3.29. The summed E-state index contributed by atoms with van der Waals surface area (Å²) in [6.45, 7) is 4.31. The number of allylic oxidation sites excluding steroid dienone is 7. The highest BCUT2D eigenvalue weighted by atomic mass is 16.3. The molecule has 4 nitrogen and oxygen atoms in total. The first kappa shape index (κ1) is 61.4. The molecule has 0 rings (SSSR count). The predicted molar refractivity (Wildman–Crippen MR) is 281 cm³/mol. The molecule has 370 valence electrons. The molecule has 0 saturated heterocycles. The molecule has 0 aromatic carbocycles. The van der Waals surface area contributed by atoms with Gasteiger partial charge in [0, 0.05) is 6.42 Å². The summed E-state index contributed by atoms with van der Waals surface area (Å²) in [7, 11) is 0. The van der Waals surface area contributed by atoms with Crippen LogP contribution < -0.4 is 5.32 Å². The zero-order valence-electron chi connectivity index (χ0n) is 42.6. The van der Waals surface area contributed by atoms with Crippen molar-refractivity contribution >= 4 is 5.91 Å². The van der Waals surface area contributed by atoms with Crippen LogP contribution in [0.3, 0.4) is 0 Å². The standard InChI is InChI=1S/C59H111NO3/c1-3-5-7-9-11-13-15-17-19-21-23-25-26-27-28-29-30-31-32-33-35-36-38-40-42-44-46-48-50-52-54-58(62)57(56-61)60-59(63)55-53-51-49-47-45-43-41-39-37-34-24-22-20-18-16-14-12-10-8-6-4-2/h16,18,22,24,44,46,52,54,57-58,61-62H,3-15,17,19-21,23,25-43,45,47-51,53,55-56H2,1-2H3,(H,60,63)/b18-16-,24-22-,46-44+,54-52+. The van der Waals surface area contributed by atoms with Gasteiger partial charge in [-0.3, -0.25) is 4.79 Å². The molecule has 0 aromatic heterocycles. The topological polar surface area (TPSA) is 69.6 Å². The number of nitrogens with one attached hydrogen (secondary N) is 1. The van der Waals surface area contributed by atoms with Gasteiger partial charge in [0.05, 0.1) is 18.8 Å². The van der Waals surface area contributed by atoms with E-state index in [9.17, 15) is 15.0 Å². The Labute approximate surface area is 394 Å². The third-order valence-corrected chi connectivity index (χ3v) is 13.0. The van der Waals surface area contributed by atoms with Crippen LogP contribution in [0.15, 0.2) is 48.6 Å². The summed E-state index contributed by atoms with van der Waals surface area (Å²) in [4.78, 5) is 12.5. The second-order valence-electron chi connectivity index (χ2n) is 19.3. The van der Waals surface area contributed by atoms with Crippen molar-refractivity contribution in [1.82, 2.24) is 5.32 Å². The molecular formula is C59H111NO3. The van der Waals surface area contributed by atoms with E-state index in [0.29, 0.717) is 6.42 Å². The van der Waals surface area contributed by atoms with Gasteiger partial charge in [-0.15, -0.1) is 0 Å². The van der Waals surface area contributed by atoms with Gasteiger partial charge in [-0.1, -0.05) is 281 Å². The maximum absolute atomic E-state index is 12.5. The zero-order chi connectivity index (χ0) is 45.6. The smallest absolute Gasteiger partial charge is 0.220 e. The van der Waals surface area contributed by atoms with E-state index < -0.39 is 12.1 Å². The highest BCUT2D eigenvalue weighted by Crippen LogP contribution is 2.17. The molecule has 0 saturated carbocycles. The van der Waals surface area contributed by atoms with Gasteiger partial charge >= 0.3 is 0 Å². The normalized spacial score (nSPS) is 13.1. The van der Waals surface area contributed by atoms with Crippen molar-refractivity contribution < 1.29 is 15.0 Å². The monoisotopic (exact) mass is 882 g/mol. The Morgan fingerprint density at radius 3 is 1.02 bits per heavy atom. The Bertz CT molecular complexity index is 1000. The van der Waals surface area contributed by atoms with Crippen LogP contribution >= 0.6 is 0 Å². The lowest BCUT2D eigenvalue weighted by Gasteiger charge is -2.19. The highest BCUT2D eigenvalue weighted by Gasteiger charge is 2.18. The Kier molecular flexibility index (Phi) is 53.3. The van der Waals surface area contributed by atoms with E-state index in [0.717, 1.165) is 38.5 Å². The van der Waals surface area contributed by atoms with E-state index in [-0.39, 0.29) is 12.5 Å². The van der Waals surface area contributed by atoms with Crippen LogP contribution in [0.5, 0.6) is 0 Å². The molecule has 4 heteroatoms. The third kappa shape index (κ3) is 51.2. The molecule has 0 bridgehead atoms. The fraction of sp³-hybridized carbons (Fsp3) is 0.847. The lowest BCUT2D eigenvalue weighted by molar-refractivity contribution is -0.123. The van der Waals surface area contributed by atoms with Crippen LogP contribution in [-0.2, 0) is 4.79 Å². The summed E-state index contributed by atoms with van der Waals surface area (Å²) >= 11 is 0. The van der Waals surface area contributed by atoms with E-state index in [2.05, 4.69) is 55.6 Å². The number of hydrogen-bond donors (Lipinski definition) is 3. The minimum Gasteiger partial charge on any atom is -0.394 e. The Balaban J connectivity index is 3.52. The largest absolute Gasteiger partial charge is 0.394 e. The van der Waals surface area contributed by atoms with Gasteiger partial charge in [-0.25, -0.2) is 0 Å². The van der Waals surface area contributed by atoms with E-state index in [4.69, 9.17) is 0 Å². The second-order valence-corrected chi connectivity index (χ2v) is 19.3. The minimum absolute atomic E-state index is 0.0759. The SMILES string of the molecule is CCCCCCC/C=C\C/C=C\CCCCCCCCCCCC(=O)NC(CO)C(O)/C=C/CC/C=C/CCCCCCCCCCCCCCCCCCCCCCCCCC. The molecule has 63 heavy (non-hydrogen) atoms. The quantitative estimate of drug-likeness (QED) is 0.0421. The fourth-order valence-corrected chi connectivity index (χ4v) is 8.70. The lowest BCUT2D eigenvalue weighted by atomic mass is 10.0. The van der Waals surface area contributed by atoms with Gasteiger partial charge in [0.15, 0.2) is 0 Å². The second kappa shape index (κ2) is 54.7. The molecule has 0 fully saturated rings. The van der Waals surface area contributed by atoms with Crippen molar-refractivity contribution in [1.29, 1.82) is 0 Å². The summed E-state index contributed by atoms with van der Waals surface area (Å²) in [6, 6.07) is -0.643. The first-order chi connectivity index (χ1) is 31.2. The molecule has 0 aliphatic carbocycles. The number of carbonyl (C=O) groups is 1. The van der Waals surface area contributed by atoms with Crippen molar-refractivity contribution in [2.75, 3.05) is 6.61 Å². The fourth-order valence-electron chi connectivity index (χ4n) is 8.70. The highest BCUT2D eigenvalue weighted by molar-refractivity contribution is 5.76. The van der Waals surface area contributed by atoms with Crippen molar-refractivity contribution in [3.63, 3.8) is 0 Å². The van der Waals surface area contributed by atoms with Crippen LogP contribution in [0.25, 0.3) is 0 Å². The van der Waals surface area contributed by atoms with Gasteiger partial charge in [-0.2, -0.15) is 0 Å². The Morgan fingerprint density at radius 1 is 0.381 bits per heavy atom. The lowest BCUT2D eigenvalue weighted by Crippen LogP contribution is -2.45. The molecule has 3 N–H and O–H groups in total. The van der Waals surface area contributed by atoms with Crippen molar-refractivity contribution in [3.8, 4) is 0 Å². The van der Waals surface area contributed by atoms with Crippen LogP contribution in [0.1, 0.15) is 303 Å². The van der Waals surface area contributed by atoms with Crippen LogP contribution in [0.2, 0.25) is 0 Å². The maximum Gasteiger partial charge on any atom is 0.220 e. The number of carbonyl (C=O) groups excluding carboxylic acids is 1. The number of hydrogen-bond acceptors (Lipinski definition) is 3. The summed E-state index contributed by atoms with van der Waals surface area (Å²) in [5.74, 6) is -0.0759. The number of aliphatic hydroxyl groups is 2. The van der Waals surface area contributed by atoms with Crippen molar-refractivity contribution in [3.05, 3.63) is 48.6 Å². The summed E-state index contributed by atoms with van der Waals surface area (Å²) in [6.07, 6.45) is 75.6. The van der Waals surface area contributed by atoms with E-state index in [1.807, 2.05) is 6.08 Å². The molecule has 0 aromatic rings. The van der Waals surface area contributed by atoms with Crippen LogP contribution in [0.4, 0.5) is 0 Å². The van der Waals surface area contributed by atoms with E-state index >= 15 is 0 Å². The number of amides is 1. The van der Waals surface area contributed by atoms with Crippen LogP contribution in [0, 0.1) is 0 Å². The maximum atomic E-state index is 12.5. The Hall–Kier alpha value is -1.65. The third-order valence-electron chi connectivity index (χ3n) is 13.0. The molecule has 0 spiro atoms. The summed E-state index contributed by atoms with van der Waals surface area (Å²) in [5.41, 5.74) is 0. The predicted octanol–water partition coefficient (Wildman–Crippen LogP) is 18.6. The first-order valence-electron chi connectivity index (χ1n) is 28.4. The van der Waals surface area contributed by atoms with E-state index in [1.54, 1.807) is 6.08 Å². The molecule has 1 amide bonds. The molecule has 0 aliphatic heterocycles. The molecule has 0 heterocycles. The van der Waals surface area contributed by atoms with Crippen molar-refractivity contribution in [2.24, 2.45) is 0 Å². The Morgan fingerprint density at radius 2 is 0.667 bits per heavy atom. The minimum atomic E-state index is -0.866. The van der Waals surface area contributed by atoms with Crippen molar-refractivity contribution in [2.45, 2.75) is 315 Å². The zero-order valence-corrected chi connectivity index (χ0v) is 42.6. The van der Waals surface area contributed by atoms with Crippen LogP contribution in [-0.4, -0.2) is 34.9 Å². The average molecular weight is 883 g/mol. The number of aliphatic hydroxyl groups excluding tert-OH is 2. The summed E-state index contributed by atoms with van der Waals surface area (Å²) < 4.78 is 0. The number of unbranched alkanes of at least 4 members (excludes halogenated alkanes) is 39. The molecule has 2 atom stereocenters. The van der Waals surface area contributed by atoms with E-state index in [1.165, 1.54) is 244 Å². The number of rotatable bonds is 52. The summed E-state index contributed by atoms with van der Waals surface area (Å²) in [5, 5.41) is 23.1. The van der Waals surface area contributed by atoms with Gasteiger partial charge in [0.2, 0.25) is 5.91 Å². The van der Waals surface area contributed by atoms with Gasteiger partial charge in [-0.05, 0) is 64.2 Å². The van der Waals surface area contributed by atoms with Gasteiger partial charge in [0.25, 0.3) is 0 Å². The molecular weight excluding hydrogens is 771 g/mol. The molecule has 0 radical (unpaired) electrons.